The van der Waals surface area contributed by atoms with E-state index in [1.54, 1.807) is 0 Å². The van der Waals surface area contributed by atoms with Gasteiger partial charge < -0.3 is 5.32 Å². The van der Waals surface area contributed by atoms with E-state index in [4.69, 9.17) is 18.0 Å². The largest absolute Gasteiger partial charge is 0.352 e. The Bertz CT molecular complexity index is 407. The molecule has 0 aromatic carbocycles. The maximum atomic E-state index is 11.1. The first-order chi connectivity index (χ1) is 6.63. The van der Waals surface area contributed by atoms with Crippen LogP contribution in [0, 0.1) is 12.3 Å². The molecule has 0 fully saturated rings. The maximum absolute atomic E-state index is 11.1. The summed E-state index contributed by atoms with van der Waals surface area (Å²) < 4.78 is 0. The van der Waals surface area contributed by atoms with Crippen LogP contribution >= 0.6 is 11.6 Å². The molecular formula is C9H10ClN3O. The predicted octanol–water partition coefficient (Wildman–Crippen LogP) is 1.25. The number of anilines is 1. The molecule has 1 aromatic heterocycles. The second-order valence-corrected chi connectivity index (χ2v) is 3.27. The number of H-pyrrole nitrogens is 1. The van der Waals surface area contributed by atoms with Gasteiger partial charge in [-0.05, 0) is 6.92 Å². The van der Waals surface area contributed by atoms with Crippen molar-refractivity contribution in [1.82, 2.24) is 9.97 Å². The summed E-state index contributed by atoms with van der Waals surface area (Å²) in [5.41, 5.74) is -0.364. The summed E-state index contributed by atoms with van der Waals surface area (Å²) in [5.74, 6) is 2.88. The first kappa shape index (κ1) is 10.6. The zero-order chi connectivity index (χ0) is 10.6. The van der Waals surface area contributed by atoms with E-state index in [9.17, 15) is 4.79 Å². The number of nitrogens with one attached hydrogen (secondary N) is 2. The third kappa shape index (κ3) is 2.79. The number of rotatable bonds is 3. The van der Waals surface area contributed by atoms with E-state index in [2.05, 4.69) is 21.2 Å². The molecule has 0 amide bonds. The lowest BCUT2D eigenvalue weighted by Crippen LogP contribution is -2.19. The predicted molar refractivity (Wildman–Crippen MR) is 56.4 cm³/mol. The van der Waals surface area contributed by atoms with Crippen LogP contribution in [0.25, 0.3) is 0 Å². The van der Waals surface area contributed by atoms with Gasteiger partial charge in [0.15, 0.2) is 0 Å². The van der Waals surface area contributed by atoms with Gasteiger partial charge in [0.25, 0.3) is 5.56 Å². The summed E-state index contributed by atoms with van der Waals surface area (Å²) in [6, 6.07) is 0.0596. The van der Waals surface area contributed by atoms with Crippen LogP contribution in [0.15, 0.2) is 11.0 Å². The molecule has 0 spiro atoms. The lowest BCUT2D eigenvalue weighted by molar-refractivity contribution is 0.810. The van der Waals surface area contributed by atoms with Crippen LogP contribution in [0.5, 0.6) is 0 Å². The van der Waals surface area contributed by atoms with Crippen molar-refractivity contribution in [3.63, 3.8) is 0 Å². The van der Waals surface area contributed by atoms with Crippen LogP contribution in [-0.4, -0.2) is 16.0 Å². The van der Waals surface area contributed by atoms with E-state index in [0.717, 1.165) is 0 Å². The van der Waals surface area contributed by atoms with Gasteiger partial charge in [0.1, 0.15) is 5.02 Å². The van der Waals surface area contributed by atoms with E-state index in [1.165, 1.54) is 6.20 Å². The lowest BCUT2D eigenvalue weighted by Gasteiger charge is -2.10. The molecule has 5 heteroatoms. The van der Waals surface area contributed by atoms with Gasteiger partial charge in [-0.2, -0.15) is 0 Å². The minimum atomic E-state index is -0.364. The Balaban J connectivity index is 2.74. The zero-order valence-electron chi connectivity index (χ0n) is 7.67. The second kappa shape index (κ2) is 4.68. The summed E-state index contributed by atoms with van der Waals surface area (Å²) in [5, 5.41) is 3.01. The topological polar surface area (TPSA) is 57.8 Å². The molecule has 1 rings (SSSR count). The number of hydrogen-bond acceptors (Lipinski definition) is 3. The highest BCUT2D eigenvalue weighted by Crippen LogP contribution is 2.02. The smallest absolute Gasteiger partial charge is 0.271 e. The fourth-order valence-corrected chi connectivity index (χ4v) is 1.01. The van der Waals surface area contributed by atoms with Crippen LogP contribution < -0.4 is 10.9 Å². The van der Waals surface area contributed by atoms with E-state index < -0.39 is 0 Å². The van der Waals surface area contributed by atoms with Crippen molar-refractivity contribution in [1.29, 1.82) is 0 Å². The standard InChI is InChI=1S/C9H10ClN3O/c1-3-4-6(2)12-9-11-5-7(10)8(14)13-9/h1,5-6H,4H2,2H3,(H2,11,12,13,14). The van der Waals surface area contributed by atoms with Crippen LogP contribution in [0.4, 0.5) is 5.95 Å². The summed E-state index contributed by atoms with van der Waals surface area (Å²) in [7, 11) is 0. The van der Waals surface area contributed by atoms with Crippen molar-refractivity contribution >= 4 is 17.5 Å². The first-order valence-corrected chi connectivity index (χ1v) is 4.46. The van der Waals surface area contributed by atoms with E-state index >= 15 is 0 Å². The van der Waals surface area contributed by atoms with Crippen LogP contribution in [0.1, 0.15) is 13.3 Å². The van der Waals surface area contributed by atoms with Crippen molar-refractivity contribution in [3.05, 3.63) is 21.6 Å². The number of aromatic amines is 1. The molecule has 0 saturated heterocycles. The molecule has 1 heterocycles. The highest BCUT2D eigenvalue weighted by atomic mass is 35.5. The van der Waals surface area contributed by atoms with Crippen LogP contribution in [-0.2, 0) is 0 Å². The molecule has 1 unspecified atom stereocenters. The SMILES string of the molecule is C#CCC(C)Nc1ncc(Cl)c(=O)[nH]1. The molecule has 2 N–H and O–H groups in total. The fourth-order valence-electron chi connectivity index (χ4n) is 0.914. The Hall–Kier alpha value is -1.47. The average molecular weight is 212 g/mol. The Morgan fingerprint density at radius 3 is 3.14 bits per heavy atom. The highest BCUT2D eigenvalue weighted by Gasteiger charge is 2.03. The highest BCUT2D eigenvalue weighted by molar-refractivity contribution is 6.30. The minimum Gasteiger partial charge on any atom is -0.352 e. The molecular weight excluding hydrogens is 202 g/mol. The number of hydrogen-bond donors (Lipinski definition) is 2. The minimum absolute atomic E-state index is 0.0596. The Labute approximate surface area is 86.7 Å². The fraction of sp³-hybridized carbons (Fsp3) is 0.333. The maximum Gasteiger partial charge on any atom is 0.271 e. The second-order valence-electron chi connectivity index (χ2n) is 2.86. The lowest BCUT2D eigenvalue weighted by atomic mass is 10.2. The molecule has 4 nitrogen and oxygen atoms in total. The van der Waals surface area contributed by atoms with Crippen molar-refractivity contribution < 1.29 is 0 Å². The summed E-state index contributed by atoms with van der Waals surface area (Å²) in [6.07, 6.45) is 6.99. The van der Waals surface area contributed by atoms with Crippen molar-refractivity contribution in [2.45, 2.75) is 19.4 Å². The van der Waals surface area contributed by atoms with Gasteiger partial charge >= 0.3 is 0 Å². The Morgan fingerprint density at radius 1 is 1.86 bits per heavy atom. The Morgan fingerprint density at radius 2 is 2.57 bits per heavy atom. The molecule has 74 valence electrons. The van der Waals surface area contributed by atoms with Gasteiger partial charge in [0.05, 0.1) is 6.20 Å². The quantitative estimate of drug-likeness (QED) is 0.740. The number of aromatic nitrogens is 2. The Kier molecular flexibility index (Phi) is 3.55. The zero-order valence-corrected chi connectivity index (χ0v) is 8.43. The number of nitrogens with zero attached hydrogens (tertiary/aromatic N) is 1. The molecule has 1 atom stereocenters. The van der Waals surface area contributed by atoms with Crippen molar-refractivity contribution in [2.75, 3.05) is 5.32 Å². The van der Waals surface area contributed by atoms with E-state index in [-0.39, 0.29) is 16.6 Å². The number of halogens is 1. The van der Waals surface area contributed by atoms with Gasteiger partial charge in [-0.15, -0.1) is 12.3 Å². The van der Waals surface area contributed by atoms with Gasteiger partial charge in [-0.1, -0.05) is 11.6 Å². The summed E-state index contributed by atoms with van der Waals surface area (Å²) in [6.45, 7) is 1.90. The van der Waals surface area contributed by atoms with Crippen LogP contribution in [0.2, 0.25) is 5.02 Å². The van der Waals surface area contributed by atoms with Crippen molar-refractivity contribution in [2.24, 2.45) is 0 Å². The van der Waals surface area contributed by atoms with Gasteiger partial charge in [-0.3, -0.25) is 9.78 Å². The first-order valence-electron chi connectivity index (χ1n) is 4.08. The van der Waals surface area contributed by atoms with E-state index in [0.29, 0.717) is 12.4 Å². The van der Waals surface area contributed by atoms with Crippen LogP contribution in [0.3, 0.4) is 0 Å². The normalized spacial score (nSPS) is 11.8. The molecule has 0 radical (unpaired) electrons. The molecule has 0 saturated carbocycles. The molecule has 0 aliphatic heterocycles. The summed E-state index contributed by atoms with van der Waals surface area (Å²) >= 11 is 5.51. The third-order valence-electron chi connectivity index (χ3n) is 1.56. The molecule has 0 aliphatic rings. The molecule has 14 heavy (non-hydrogen) atoms. The molecule has 0 aliphatic carbocycles. The van der Waals surface area contributed by atoms with E-state index in [1.807, 2.05) is 6.92 Å². The molecule has 0 bridgehead atoms. The summed E-state index contributed by atoms with van der Waals surface area (Å²) in [4.78, 5) is 17.5. The van der Waals surface area contributed by atoms with Gasteiger partial charge in [-0.25, -0.2) is 4.98 Å². The number of terminal acetylenes is 1. The third-order valence-corrected chi connectivity index (χ3v) is 1.83. The monoisotopic (exact) mass is 211 g/mol. The van der Waals surface area contributed by atoms with Gasteiger partial charge in [0.2, 0.25) is 5.95 Å². The van der Waals surface area contributed by atoms with Crippen molar-refractivity contribution in [3.8, 4) is 12.3 Å². The average Bonchev–Trinajstić information content (AvgIpc) is 2.12. The molecule has 1 aromatic rings. The van der Waals surface area contributed by atoms with Gasteiger partial charge in [0, 0.05) is 12.5 Å².